The molecule has 2 aliphatic carbocycles. The zero-order chi connectivity index (χ0) is 30.3. The summed E-state index contributed by atoms with van der Waals surface area (Å²) in [5, 5.41) is 9.28. The highest BCUT2D eigenvalue weighted by molar-refractivity contribution is 7.79. The molecule has 2 atom stereocenters. The number of thiol groups is 1. The van der Waals surface area contributed by atoms with E-state index in [2.05, 4.69) is 82.7 Å². The van der Waals surface area contributed by atoms with Crippen LogP contribution >= 0.6 is 35.5 Å². The third-order valence-corrected chi connectivity index (χ3v) is 12.6. The summed E-state index contributed by atoms with van der Waals surface area (Å²) >= 11 is 8.14. The largest absolute Gasteiger partial charge is 0.298 e. The average molecular weight is 621 g/mol. The van der Waals surface area contributed by atoms with E-state index in [9.17, 15) is 5.41 Å². The molecule has 0 spiro atoms. The van der Waals surface area contributed by atoms with E-state index in [0.29, 0.717) is 17.3 Å². The first-order chi connectivity index (χ1) is 20.3. The van der Waals surface area contributed by atoms with Crippen LogP contribution in [-0.2, 0) is 11.8 Å². The van der Waals surface area contributed by atoms with E-state index < -0.39 is 0 Å². The summed E-state index contributed by atoms with van der Waals surface area (Å²) in [6, 6.07) is 4.75. The number of hydrogen-bond acceptors (Lipinski definition) is 5. The Morgan fingerprint density at radius 1 is 0.905 bits per heavy atom. The minimum absolute atomic E-state index is 0.272. The van der Waals surface area contributed by atoms with Crippen LogP contribution in [0.5, 0.6) is 0 Å². The lowest BCUT2D eigenvalue weighted by Crippen LogP contribution is -2.38. The second kappa shape index (κ2) is 15.3. The molecule has 42 heavy (non-hydrogen) atoms. The maximum absolute atomic E-state index is 9.28. The molecule has 228 valence electrons. The smallest absolute Gasteiger partial charge is 0.105 e. The second-order valence-electron chi connectivity index (χ2n) is 12.5. The molecule has 0 radical (unpaired) electrons. The summed E-state index contributed by atoms with van der Waals surface area (Å²) in [6.07, 6.45) is 21.5. The minimum atomic E-state index is 0.272. The monoisotopic (exact) mass is 620 g/mol. The van der Waals surface area contributed by atoms with Crippen molar-refractivity contribution in [3.63, 3.8) is 0 Å². The van der Waals surface area contributed by atoms with Crippen molar-refractivity contribution >= 4 is 63.6 Å². The molecule has 0 aliphatic heterocycles. The minimum Gasteiger partial charge on any atom is -0.298 e. The van der Waals surface area contributed by atoms with Gasteiger partial charge in [-0.2, -0.15) is 0 Å². The molecule has 2 nitrogen and oxygen atoms in total. The van der Waals surface area contributed by atoms with Gasteiger partial charge in [0.2, 0.25) is 0 Å². The maximum Gasteiger partial charge on any atom is 0.105 e. The number of allylic oxidation sites excluding steroid dienone is 5. The molecule has 0 fully saturated rings. The zero-order valence-corrected chi connectivity index (χ0v) is 29.2. The number of aryl methyl sites for hydroxylation is 1. The van der Waals surface area contributed by atoms with Crippen LogP contribution in [0.2, 0.25) is 0 Å². The van der Waals surface area contributed by atoms with Crippen LogP contribution in [0.3, 0.4) is 0 Å². The van der Waals surface area contributed by atoms with E-state index in [0.717, 1.165) is 28.9 Å². The van der Waals surface area contributed by atoms with Crippen molar-refractivity contribution in [1.82, 2.24) is 0 Å². The Balaban J connectivity index is 1.64. The van der Waals surface area contributed by atoms with Crippen LogP contribution in [0.15, 0.2) is 35.3 Å². The van der Waals surface area contributed by atoms with Crippen LogP contribution in [-0.4, -0.2) is 11.4 Å². The van der Waals surface area contributed by atoms with Crippen molar-refractivity contribution in [3.05, 3.63) is 61.5 Å². The molecule has 0 saturated heterocycles. The van der Waals surface area contributed by atoms with E-state index in [4.69, 9.17) is 0 Å². The molecule has 2 aromatic heterocycles. The van der Waals surface area contributed by atoms with Gasteiger partial charge in [0, 0.05) is 36.1 Å². The molecule has 0 bridgehead atoms. The van der Waals surface area contributed by atoms with Crippen LogP contribution in [0.25, 0.3) is 16.7 Å². The summed E-state index contributed by atoms with van der Waals surface area (Å²) < 4.78 is 4.41. The van der Waals surface area contributed by atoms with Crippen LogP contribution in [0.1, 0.15) is 155 Å². The number of fused-ring (bicyclic) bond motifs is 1. The molecule has 1 N–H and O–H groups in total. The van der Waals surface area contributed by atoms with Gasteiger partial charge in [-0.15, -0.1) is 22.7 Å². The van der Waals surface area contributed by atoms with Crippen LogP contribution < -0.4 is 0 Å². The summed E-state index contributed by atoms with van der Waals surface area (Å²) in [5.74, 6) is 0.644. The molecular formula is C37H52N2S3. The topological polar surface area (TPSA) is 36.2 Å². The van der Waals surface area contributed by atoms with Crippen molar-refractivity contribution in [2.75, 3.05) is 0 Å². The van der Waals surface area contributed by atoms with Crippen LogP contribution in [0.4, 0.5) is 0 Å². The summed E-state index contributed by atoms with van der Waals surface area (Å²) in [4.78, 5) is 5.28. The Morgan fingerprint density at radius 3 is 2.26 bits per heavy atom. The molecule has 5 heteroatoms. The molecule has 2 aromatic rings. The fourth-order valence-corrected chi connectivity index (χ4v) is 9.70. The Hall–Kier alpha value is -1.69. The summed E-state index contributed by atoms with van der Waals surface area (Å²) in [7, 11) is 0. The van der Waals surface area contributed by atoms with Gasteiger partial charge in [-0.1, -0.05) is 105 Å². The van der Waals surface area contributed by atoms with E-state index >= 15 is 0 Å². The Morgan fingerprint density at radius 2 is 1.57 bits per heavy atom. The van der Waals surface area contributed by atoms with Gasteiger partial charge in [0.15, 0.2) is 0 Å². The van der Waals surface area contributed by atoms with Gasteiger partial charge in [0.05, 0.1) is 5.71 Å². The number of nitrogens with one attached hydrogen (secondary N) is 1. The van der Waals surface area contributed by atoms with Gasteiger partial charge in [-0.25, -0.2) is 4.40 Å². The fraction of sp³-hybridized carbons (Fsp3) is 0.568. The molecule has 0 aromatic carbocycles. The van der Waals surface area contributed by atoms with Gasteiger partial charge < -0.3 is 0 Å². The Bertz CT molecular complexity index is 1350. The van der Waals surface area contributed by atoms with Crippen molar-refractivity contribution in [3.8, 4) is 0 Å². The number of thiophene rings is 2. The number of nitrogens with zero attached hydrogens (tertiary/aromatic N) is 1. The van der Waals surface area contributed by atoms with Gasteiger partial charge in [-0.05, 0) is 86.1 Å². The van der Waals surface area contributed by atoms with Crippen LogP contribution in [0, 0.1) is 5.41 Å². The second-order valence-corrected chi connectivity index (χ2v) is 14.8. The highest BCUT2D eigenvalue weighted by Crippen LogP contribution is 2.60. The lowest BCUT2D eigenvalue weighted by Gasteiger charge is -2.47. The Labute approximate surface area is 269 Å². The van der Waals surface area contributed by atoms with Crippen molar-refractivity contribution in [2.45, 2.75) is 136 Å². The van der Waals surface area contributed by atoms with Crippen molar-refractivity contribution < 1.29 is 0 Å². The third kappa shape index (κ3) is 6.84. The number of rotatable bonds is 17. The van der Waals surface area contributed by atoms with E-state index in [-0.39, 0.29) is 5.41 Å². The lowest BCUT2D eigenvalue weighted by molar-refractivity contribution is 0.292. The van der Waals surface area contributed by atoms with Crippen molar-refractivity contribution in [2.24, 2.45) is 4.40 Å². The molecule has 2 heterocycles. The summed E-state index contributed by atoms with van der Waals surface area (Å²) in [5.41, 5.74) is 7.66. The standard InChI is InChI=1S/C37H52N2S3/c1-7-11-14-17-19-26-23-31(41-35(26)25(5)18-15-12-8-2)27-21-22-28(34(39-40)33(27)38)32-24-29-30(20-16-13-9-3)37(6,10-4)36(29)42-32/h21-24,30,38,40H,5,7-20H2,1-4,6H3/b38-33?,39-34-. The van der Waals surface area contributed by atoms with Gasteiger partial charge in [0.25, 0.3) is 0 Å². The lowest BCUT2D eigenvalue weighted by atomic mass is 9.59. The molecule has 0 amide bonds. The highest BCUT2D eigenvalue weighted by atomic mass is 32.1. The first-order valence-corrected chi connectivity index (χ1v) is 18.6. The molecule has 2 unspecified atom stereocenters. The molecule has 0 saturated carbocycles. The van der Waals surface area contributed by atoms with E-state index in [1.54, 1.807) is 4.88 Å². The third-order valence-electron chi connectivity index (χ3n) is 9.58. The van der Waals surface area contributed by atoms with E-state index in [1.165, 1.54) is 104 Å². The molecule has 4 rings (SSSR count). The first kappa shape index (κ1) is 33.2. The maximum atomic E-state index is 9.28. The molecule has 2 aliphatic rings. The van der Waals surface area contributed by atoms with Crippen molar-refractivity contribution in [1.29, 1.82) is 5.41 Å². The normalized spacial score (nSPS) is 20.9. The average Bonchev–Trinajstić information content (AvgIpc) is 3.60. The fourth-order valence-electron chi connectivity index (χ4n) is 6.74. The van der Waals surface area contributed by atoms with Gasteiger partial charge in [0.1, 0.15) is 5.71 Å². The number of hydrogen-bond donors (Lipinski definition) is 2. The zero-order valence-electron chi connectivity index (χ0n) is 26.7. The molecular weight excluding hydrogens is 569 g/mol. The van der Waals surface area contributed by atoms with Gasteiger partial charge >= 0.3 is 0 Å². The Kier molecular flexibility index (Phi) is 12.1. The summed E-state index contributed by atoms with van der Waals surface area (Å²) in [6.45, 7) is 16.1. The quantitative estimate of drug-likeness (QED) is 0.100. The predicted octanol–water partition coefficient (Wildman–Crippen LogP) is 12.7. The van der Waals surface area contributed by atoms with E-state index in [1.807, 2.05) is 22.7 Å². The predicted molar refractivity (Wildman–Crippen MR) is 194 cm³/mol. The highest BCUT2D eigenvalue weighted by Gasteiger charge is 2.48. The SMILES string of the molecule is C=C(CCCCC)c1sc(C2=CC=C(c3cc4c(s3)C(C)(CC)C4CCCCC)/C(=N/S)C2=N)cc1CCCCCC. The number of unbranched alkanes of at least 4 members (excludes halogenated alkanes) is 7. The van der Waals surface area contributed by atoms with Gasteiger partial charge in [-0.3, -0.25) is 5.41 Å². The first-order valence-electron chi connectivity index (χ1n) is 16.5.